The monoisotopic (exact) mass is 192 g/mol. The van der Waals surface area contributed by atoms with Crippen molar-refractivity contribution in [3.05, 3.63) is 30.2 Å². The fourth-order valence-corrected chi connectivity index (χ4v) is 1.29. The van der Waals surface area contributed by atoms with Crippen molar-refractivity contribution in [3.8, 4) is 0 Å². The molecular formula is C8H8N4O2. The minimum absolute atomic E-state index is 0.0638. The first-order chi connectivity index (χ1) is 6.79. The van der Waals surface area contributed by atoms with Crippen molar-refractivity contribution in [3.63, 3.8) is 0 Å². The summed E-state index contributed by atoms with van der Waals surface area (Å²) in [5, 5.41) is 19.0. The Kier molecular flexibility index (Phi) is 2.02. The van der Waals surface area contributed by atoms with Gasteiger partial charge in [-0.15, -0.1) is 0 Å². The van der Waals surface area contributed by atoms with Crippen LogP contribution in [0.4, 0.5) is 0 Å². The minimum atomic E-state index is -1.03. The summed E-state index contributed by atoms with van der Waals surface area (Å²) in [6, 6.07) is 0. The van der Waals surface area contributed by atoms with Crippen LogP contribution < -0.4 is 5.43 Å². The molecule has 0 aromatic carbocycles. The number of H-pyrrole nitrogens is 1. The number of carbonyl (C=O) groups is 1. The molecule has 0 amide bonds. The number of carboxylic acid groups (broad SMARTS) is 1. The van der Waals surface area contributed by atoms with Crippen LogP contribution in [0.15, 0.2) is 29.8 Å². The molecule has 1 aromatic rings. The number of allylic oxidation sites excluding steroid dienone is 1. The molecule has 2 heterocycles. The number of aliphatic carboxylic acids is 1. The van der Waals surface area contributed by atoms with E-state index in [1.807, 2.05) is 0 Å². The highest BCUT2D eigenvalue weighted by molar-refractivity contribution is 6.38. The van der Waals surface area contributed by atoms with Gasteiger partial charge >= 0.3 is 5.97 Å². The highest BCUT2D eigenvalue weighted by Gasteiger charge is 2.24. The summed E-state index contributed by atoms with van der Waals surface area (Å²) in [7, 11) is 0. The molecule has 1 aliphatic rings. The van der Waals surface area contributed by atoms with E-state index in [-0.39, 0.29) is 11.6 Å². The molecule has 0 radical (unpaired) electrons. The van der Waals surface area contributed by atoms with Gasteiger partial charge < -0.3 is 5.11 Å². The number of hydrazone groups is 1. The number of nitrogens with zero attached hydrogens (tertiary/aromatic N) is 2. The zero-order valence-corrected chi connectivity index (χ0v) is 7.14. The second-order valence-corrected chi connectivity index (χ2v) is 2.80. The maximum Gasteiger partial charge on any atom is 0.353 e. The van der Waals surface area contributed by atoms with Crippen LogP contribution in [0.5, 0.6) is 0 Å². The van der Waals surface area contributed by atoms with Crippen LogP contribution in [0.3, 0.4) is 0 Å². The Bertz CT molecular complexity index is 393. The van der Waals surface area contributed by atoms with Gasteiger partial charge in [-0.05, 0) is 0 Å². The van der Waals surface area contributed by atoms with E-state index in [2.05, 4.69) is 20.7 Å². The van der Waals surface area contributed by atoms with Crippen LogP contribution >= 0.6 is 0 Å². The fraction of sp³-hybridized carbons (Fsp3) is 0.125. The molecule has 0 spiro atoms. The zero-order valence-electron chi connectivity index (χ0n) is 7.14. The molecule has 0 aliphatic carbocycles. The molecule has 2 rings (SSSR count). The van der Waals surface area contributed by atoms with E-state index in [0.717, 1.165) is 5.56 Å². The van der Waals surface area contributed by atoms with Crippen LogP contribution in [0, 0.1) is 0 Å². The van der Waals surface area contributed by atoms with Gasteiger partial charge in [0.15, 0.2) is 5.71 Å². The van der Waals surface area contributed by atoms with Gasteiger partial charge in [0.1, 0.15) is 0 Å². The van der Waals surface area contributed by atoms with Gasteiger partial charge in [0.25, 0.3) is 0 Å². The van der Waals surface area contributed by atoms with Crippen molar-refractivity contribution in [2.24, 2.45) is 5.10 Å². The molecule has 14 heavy (non-hydrogen) atoms. The summed E-state index contributed by atoms with van der Waals surface area (Å²) < 4.78 is 0. The molecule has 1 aromatic heterocycles. The lowest BCUT2D eigenvalue weighted by Gasteiger charge is -2.13. The van der Waals surface area contributed by atoms with Gasteiger partial charge in [-0.2, -0.15) is 10.2 Å². The molecule has 0 saturated carbocycles. The first-order valence-corrected chi connectivity index (χ1v) is 4.01. The van der Waals surface area contributed by atoms with Gasteiger partial charge in [-0.1, -0.05) is 6.08 Å². The van der Waals surface area contributed by atoms with Crippen LogP contribution in [0.2, 0.25) is 0 Å². The number of carboxylic acids is 1. The van der Waals surface area contributed by atoms with Gasteiger partial charge in [0.2, 0.25) is 0 Å². The lowest BCUT2D eigenvalue weighted by atomic mass is 9.96. The summed E-state index contributed by atoms with van der Waals surface area (Å²) in [6.07, 6.45) is 6.56. The second-order valence-electron chi connectivity index (χ2n) is 2.80. The van der Waals surface area contributed by atoms with Crippen molar-refractivity contribution in [2.45, 2.75) is 5.92 Å². The minimum Gasteiger partial charge on any atom is -0.477 e. The van der Waals surface area contributed by atoms with Gasteiger partial charge in [-0.3, -0.25) is 10.5 Å². The molecule has 6 nitrogen and oxygen atoms in total. The molecular weight excluding hydrogens is 184 g/mol. The van der Waals surface area contributed by atoms with E-state index in [4.69, 9.17) is 5.11 Å². The van der Waals surface area contributed by atoms with E-state index in [9.17, 15) is 4.79 Å². The predicted octanol–water partition coefficient (Wildman–Crippen LogP) is 0.0508. The third-order valence-corrected chi connectivity index (χ3v) is 1.94. The topological polar surface area (TPSA) is 90.4 Å². The summed E-state index contributed by atoms with van der Waals surface area (Å²) in [5.74, 6) is -1.37. The zero-order chi connectivity index (χ0) is 9.97. The Morgan fingerprint density at radius 3 is 3.07 bits per heavy atom. The Hall–Kier alpha value is -2.11. The summed E-state index contributed by atoms with van der Waals surface area (Å²) in [6.45, 7) is 0. The summed E-state index contributed by atoms with van der Waals surface area (Å²) in [4.78, 5) is 10.8. The maximum absolute atomic E-state index is 10.8. The van der Waals surface area contributed by atoms with Gasteiger partial charge in [0.05, 0.1) is 12.1 Å². The van der Waals surface area contributed by atoms with Gasteiger partial charge in [0, 0.05) is 18.0 Å². The molecule has 0 bridgehead atoms. The highest BCUT2D eigenvalue weighted by atomic mass is 16.4. The average Bonchev–Trinajstić information content (AvgIpc) is 2.70. The fourth-order valence-electron chi connectivity index (χ4n) is 1.29. The molecule has 3 N–H and O–H groups in total. The van der Waals surface area contributed by atoms with Crippen molar-refractivity contribution in [1.82, 2.24) is 15.6 Å². The third-order valence-electron chi connectivity index (χ3n) is 1.94. The number of hydrogen-bond donors (Lipinski definition) is 3. The normalized spacial score (nSPS) is 20.0. The van der Waals surface area contributed by atoms with Crippen LogP contribution in [0.25, 0.3) is 0 Å². The quantitative estimate of drug-likeness (QED) is 0.617. The van der Waals surface area contributed by atoms with Crippen molar-refractivity contribution in [2.75, 3.05) is 0 Å². The molecule has 1 unspecified atom stereocenters. The van der Waals surface area contributed by atoms with Crippen LogP contribution in [-0.4, -0.2) is 27.0 Å². The SMILES string of the molecule is O=C(O)C1=NNC=CC1c1cn[nH]c1. The van der Waals surface area contributed by atoms with Crippen LogP contribution in [0.1, 0.15) is 11.5 Å². The molecule has 1 atom stereocenters. The number of nitrogens with one attached hydrogen (secondary N) is 2. The average molecular weight is 192 g/mol. The summed E-state index contributed by atoms with van der Waals surface area (Å²) >= 11 is 0. The Morgan fingerprint density at radius 1 is 1.57 bits per heavy atom. The van der Waals surface area contributed by atoms with E-state index >= 15 is 0 Å². The maximum atomic E-state index is 10.8. The Balaban J connectivity index is 2.33. The Morgan fingerprint density at radius 2 is 2.43 bits per heavy atom. The largest absolute Gasteiger partial charge is 0.477 e. The number of hydrogen-bond acceptors (Lipinski definition) is 4. The predicted molar refractivity (Wildman–Crippen MR) is 48.7 cm³/mol. The number of aromatic nitrogens is 2. The first-order valence-electron chi connectivity index (χ1n) is 4.01. The smallest absolute Gasteiger partial charge is 0.353 e. The van der Waals surface area contributed by atoms with Crippen molar-refractivity contribution >= 4 is 11.7 Å². The number of aromatic amines is 1. The van der Waals surface area contributed by atoms with E-state index < -0.39 is 5.97 Å². The molecule has 72 valence electrons. The molecule has 0 saturated heterocycles. The lowest BCUT2D eigenvalue weighted by molar-refractivity contribution is -0.129. The van der Waals surface area contributed by atoms with Gasteiger partial charge in [-0.25, -0.2) is 4.79 Å². The molecule has 6 heteroatoms. The Labute approximate surface area is 79.3 Å². The van der Waals surface area contributed by atoms with E-state index in [0.29, 0.717) is 0 Å². The third kappa shape index (κ3) is 1.37. The van der Waals surface area contributed by atoms with Crippen LogP contribution in [-0.2, 0) is 4.79 Å². The highest BCUT2D eigenvalue weighted by Crippen LogP contribution is 2.19. The lowest BCUT2D eigenvalue weighted by Crippen LogP contribution is -2.25. The van der Waals surface area contributed by atoms with E-state index in [1.54, 1.807) is 24.7 Å². The van der Waals surface area contributed by atoms with Crippen molar-refractivity contribution in [1.29, 1.82) is 0 Å². The van der Waals surface area contributed by atoms with E-state index in [1.165, 1.54) is 0 Å². The standard InChI is InChI=1S/C8H8N4O2/c13-8(14)7-6(1-2-9-12-7)5-3-10-11-4-5/h1-4,6,9H,(H,10,11)(H,13,14). The number of rotatable bonds is 2. The van der Waals surface area contributed by atoms with Crippen molar-refractivity contribution < 1.29 is 9.90 Å². The summed E-state index contributed by atoms with van der Waals surface area (Å²) in [5.41, 5.74) is 3.35. The second kappa shape index (κ2) is 3.33. The molecule has 1 aliphatic heterocycles. The first kappa shape index (κ1) is 8.49. The molecule has 0 fully saturated rings.